The summed E-state index contributed by atoms with van der Waals surface area (Å²) >= 11 is 0. The predicted molar refractivity (Wildman–Crippen MR) is 92.2 cm³/mol. The van der Waals surface area contributed by atoms with Crippen molar-refractivity contribution in [1.29, 1.82) is 0 Å². The van der Waals surface area contributed by atoms with Crippen molar-refractivity contribution in [2.24, 2.45) is 5.10 Å². The Labute approximate surface area is 140 Å². The molecule has 2 amide bonds. The molecule has 24 heavy (non-hydrogen) atoms. The molecule has 2 rings (SSSR count). The zero-order valence-electron chi connectivity index (χ0n) is 13.6. The lowest BCUT2D eigenvalue weighted by atomic mass is 10.2. The summed E-state index contributed by atoms with van der Waals surface area (Å²) in [5.41, 5.74) is 4.81. The van der Waals surface area contributed by atoms with Gasteiger partial charge in [-0.15, -0.1) is 0 Å². The lowest BCUT2D eigenvalue weighted by Crippen LogP contribution is -2.34. The minimum Gasteiger partial charge on any atom is -0.497 e. The van der Waals surface area contributed by atoms with Crippen LogP contribution in [0.4, 0.5) is 0 Å². The maximum atomic E-state index is 12.0. The Morgan fingerprint density at radius 3 is 2.62 bits per heavy atom. The van der Waals surface area contributed by atoms with Crippen LogP contribution in [0.2, 0.25) is 0 Å². The molecule has 2 N–H and O–H groups in total. The number of methoxy groups -OCH3 is 1. The third-order valence-electron chi connectivity index (χ3n) is 3.22. The van der Waals surface area contributed by atoms with E-state index in [0.717, 1.165) is 11.1 Å². The van der Waals surface area contributed by atoms with E-state index in [-0.39, 0.29) is 12.5 Å². The lowest BCUT2D eigenvalue weighted by molar-refractivity contribution is -0.120. The van der Waals surface area contributed by atoms with Crippen LogP contribution in [0.15, 0.2) is 53.6 Å². The zero-order chi connectivity index (χ0) is 17.4. The maximum Gasteiger partial charge on any atom is 0.259 e. The van der Waals surface area contributed by atoms with E-state index in [9.17, 15) is 9.59 Å². The number of hydrazone groups is 1. The topological polar surface area (TPSA) is 79.8 Å². The molecule has 2 aromatic rings. The molecule has 0 spiro atoms. The first-order valence-corrected chi connectivity index (χ1v) is 7.39. The first kappa shape index (κ1) is 17.2. The van der Waals surface area contributed by atoms with Crippen LogP contribution in [0.5, 0.6) is 5.75 Å². The quantitative estimate of drug-likeness (QED) is 0.629. The largest absolute Gasteiger partial charge is 0.497 e. The molecule has 0 atom stereocenters. The van der Waals surface area contributed by atoms with Gasteiger partial charge in [-0.2, -0.15) is 5.10 Å². The van der Waals surface area contributed by atoms with Crippen molar-refractivity contribution < 1.29 is 14.3 Å². The third-order valence-corrected chi connectivity index (χ3v) is 3.22. The van der Waals surface area contributed by atoms with E-state index in [2.05, 4.69) is 15.8 Å². The fraction of sp³-hybridized carbons (Fsp3) is 0.167. The van der Waals surface area contributed by atoms with Crippen molar-refractivity contribution >= 4 is 18.0 Å². The smallest absolute Gasteiger partial charge is 0.259 e. The average molecular weight is 325 g/mol. The molecular formula is C18H19N3O3. The molecule has 0 aliphatic heterocycles. The second-order valence-corrected chi connectivity index (χ2v) is 5.12. The number of amides is 2. The highest BCUT2D eigenvalue weighted by atomic mass is 16.5. The first-order valence-electron chi connectivity index (χ1n) is 7.39. The summed E-state index contributed by atoms with van der Waals surface area (Å²) in [6.07, 6.45) is 1.54. The number of hydrogen-bond donors (Lipinski definition) is 2. The summed E-state index contributed by atoms with van der Waals surface area (Å²) in [5, 5.41) is 6.38. The number of rotatable bonds is 6. The summed E-state index contributed by atoms with van der Waals surface area (Å²) in [6, 6.07) is 14.4. The predicted octanol–water partition coefficient (Wildman–Crippen LogP) is 1.88. The minimum atomic E-state index is -0.408. The lowest BCUT2D eigenvalue weighted by Gasteiger charge is -2.06. The molecule has 6 nitrogen and oxygen atoms in total. The number of ether oxygens (including phenoxy) is 1. The third kappa shape index (κ3) is 5.24. The van der Waals surface area contributed by atoms with E-state index in [1.807, 2.05) is 31.2 Å². The summed E-state index contributed by atoms with van der Waals surface area (Å²) in [5.74, 6) is -0.184. The summed E-state index contributed by atoms with van der Waals surface area (Å²) < 4.78 is 5.05. The van der Waals surface area contributed by atoms with Gasteiger partial charge in [-0.1, -0.05) is 35.9 Å². The van der Waals surface area contributed by atoms with Crippen LogP contribution in [0.1, 0.15) is 21.5 Å². The van der Waals surface area contributed by atoms with Gasteiger partial charge < -0.3 is 10.1 Å². The molecule has 0 saturated carbocycles. The summed E-state index contributed by atoms with van der Waals surface area (Å²) in [6.45, 7) is 1.83. The van der Waals surface area contributed by atoms with Crippen LogP contribution in [0.25, 0.3) is 0 Å². The van der Waals surface area contributed by atoms with Crippen LogP contribution < -0.4 is 15.5 Å². The number of benzene rings is 2. The highest BCUT2D eigenvalue weighted by Crippen LogP contribution is 2.12. The molecule has 0 aliphatic rings. The van der Waals surface area contributed by atoms with Gasteiger partial charge in [0.05, 0.1) is 19.9 Å². The van der Waals surface area contributed by atoms with Crippen LogP contribution >= 0.6 is 0 Å². The van der Waals surface area contributed by atoms with Gasteiger partial charge in [0.1, 0.15) is 5.75 Å². The molecule has 2 aromatic carbocycles. The Morgan fingerprint density at radius 2 is 1.92 bits per heavy atom. The Balaban J connectivity index is 1.80. The van der Waals surface area contributed by atoms with Crippen LogP contribution in [-0.4, -0.2) is 31.7 Å². The number of nitrogens with one attached hydrogen (secondary N) is 2. The molecule has 0 bridgehead atoms. The van der Waals surface area contributed by atoms with E-state index < -0.39 is 5.91 Å². The first-order chi connectivity index (χ1) is 11.6. The number of nitrogens with zero attached hydrogens (tertiary/aromatic N) is 1. The van der Waals surface area contributed by atoms with E-state index in [0.29, 0.717) is 11.3 Å². The molecule has 0 radical (unpaired) electrons. The zero-order valence-corrected chi connectivity index (χ0v) is 13.6. The number of carbonyl (C=O) groups excluding carboxylic acids is 2. The molecule has 6 heteroatoms. The van der Waals surface area contributed by atoms with Crippen molar-refractivity contribution in [2.45, 2.75) is 6.92 Å². The van der Waals surface area contributed by atoms with Gasteiger partial charge in [-0.25, -0.2) is 5.43 Å². The Morgan fingerprint density at radius 1 is 1.17 bits per heavy atom. The van der Waals surface area contributed by atoms with Crippen molar-refractivity contribution in [2.75, 3.05) is 13.7 Å². The van der Waals surface area contributed by atoms with Gasteiger partial charge in [0.2, 0.25) is 0 Å². The second kappa shape index (κ2) is 8.47. The highest BCUT2D eigenvalue weighted by molar-refractivity contribution is 5.96. The van der Waals surface area contributed by atoms with Crippen LogP contribution in [-0.2, 0) is 4.79 Å². The molecule has 124 valence electrons. The van der Waals surface area contributed by atoms with E-state index >= 15 is 0 Å². The normalized spacial score (nSPS) is 10.4. The molecule has 0 saturated heterocycles. The van der Waals surface area contributed by atoms with Crippen LogP contribution in [0, 0.1) is 6.92 Å². The Kier molecular flexibility index (Phi) is 6.08. The van der Waals surface area contributed by atoms with Crippen molar-refractivity contribution in [3.05, 3.63) is 65.2 Å². The molecule has 0 aromatic heterocycles. The molecule has 0 aliphatic carbocycles. The summed E-state index contributed by atoms with van der Waals surface area (Å²) in [7, 11) is 1.52. The fourth-order valence-corrected chi connectivity index (χ4v) is 1.90. The molecule has 0 unspecified atom stereocenters. The van der Waals surface area contributed by atoms with E-state index in [1.165, 1.54) is 7.11 Å². The van der Waals surface area contributed by atoms with Gasteiger partial charge >= 0.3 is 0 Å². The average Bonchev–Trinajstić information content (AvgIpc) is 2.61. The second-order valence-electron chi connectivity index (χ2n) is 5.12. The van der Waals surface area contributed by atoms with Gasteiger partial charge in [0, 0.05) is 5.56 Å². The SMILES string of the molecule is COc1cccc(C(=O)NCC(=O)N/N=C\c2ccc(C)cc2)c1. The minimum absolute atomic E-state index is 0.165. The van der Waals surface area contributed by atoms with Crippen molar-refractivity contribution in [3.8, 4) is 5.75 Å². The number of hydrogen-bond acceptors (Lipinski definition) is 4. The molecular weight excluding hydrogens is 306 g/mol. The highest BCUT2D eigenvalue weighted by Gasteiger charge is 2.08. The number of carbonyl (C=O) groups is 2. The van der Waals surface area contributed by atoms with Gasteiger partial charge in [-0.05, 0) is 30.7 Å². The monoisotopic (exact) mass is 325 g/mol. The van der Waals surface area contributed by atoms with Crippen molar-refractivity contribution in [3.63, 3.8) is 0 Å². The Bertz CT molecular complexity index is 739. The number of aryl methyl sites for hydroxylation is 1. The van der Waals surface area contributed by atoms with Gasteiger partial charge in [0.25, 0.3) is 11.8 Å². The van der Waals surface area contributed by atoms with Crippen LogP contribution in [0.3, 0.4) is 0 Å². The Hall–Kier alpha value is -3.15. The maximum absolute atomic E-state index is 12.0. The van der Waals surface area contributed by atoms with Gasteiger partial charge in [0.15, 0.2) is 0 Å². The molecule has 0 fully saturated rings. The van der Waals surface area contributed by atoms with E-state index in [1.54, 1.807) is 30.5 Å². The summed E-state index contributed by atoms with van der Waals surface area (Å²) in [4.78, 5) is 23.6. The molecule has 0 heterocycles. The van der Waals surface area contributed by atoms with Gasteiger partial charge in [-0.3, -0.25) is 9.59 Å². The van der Waals surface area contributed by atoms with E-state index in [4.69, 9.17) is 4.74 Å². The standard InChI is InChI=1S/C18H19N3O3/c1-13-6-8-14(9-7-13)11-20-21-17(22)12-19-18(23)15-4-3-5-16(10-15)24-2/h3-11H,12H2,1-2H3,(H,19,23)(H,21,22)/b20-11-. The van der Waals surface area contributed by atoms with Crippen molar-refractivity contribution in [1.82, 2.24) is 10.7 Å². The fourth-order valence-electron chi connectivity index (χ4n) is 1.90.